The van der Waals surface area contributed by atoms with Crippen LogP contribution in [0.3, 0.4) is 0 Å². The van der Waals surface area contributed by atoms with Crippen LogP contribution < -0.4 is 5.32 Å². The molecule has 0 aliphatic heterocycles. The van der Waals surface area contributed by atoms with Crippen molar-refractivity contribution in [3.8, 4) is 0 Å². The average Bonchev–Trinajstić information content (AvgIpc) is 2.30. The maximum atomic E-state index is 5.54. The van der Waals surface area contributed by atoms with E-state index in [1.165, 1.54) is 5.56 Å². The van der Waals surface area contributed by atoms with Gasteiger partial charge in [0.15, 0.2) is 0 Å². The predicted molar refractivity (Wildman–Crippen MR) is 65.4 cm³/mol. The Hall–Kier alpha value is -0.900. The second-order valence-electron chi connectivity index (χ2n) is 3.85. The third-order valence-electron chi connectivity index (χ3n) is 2.27. The van der Waals surface area contributed by atoms with Crippen LogP contribution >= 0.6 is 0 Å². The van der Waals surface area contributed by atoms with Crippen LogP contribution in [0.1, 0.15) is 12.5 Å². The molecule has 16 heavy (non-hydrogen) atoms. The van der Waals surface area contributed by atoms with Crippen LogP contribution in [0.5, 0.6) is 0 Å². The molecule has 0 heterocycles. The van der Waals surface area contributed by atoms with Crippen LogP contribution in [0.25, 0.3) is 0 Å². The van der Waals surface area contributed by atoms with Gasteiger partial charge in [0.05, 0.1) is 19.8 Å². The van der Waals surface area contributed by atoms with Crippen molar-refractivity contribution < 1.29 is 9.47 Å². The van der Waals surface area contributed by atoms with Gasteiger partial charge in [-0.1, -0.05) is 30.3 Å². The number of hydrogen-bond donors (Lipinski definition) is 1. The van der Waals surface area contributed by atoms with E-state index in [-0.39, 0.29) is 0 Å². The fourth-order valence-electron chi connectivity index (χ4n) is 1.45. The molecule has 0 fully saturated rings. The van der Waals surface area contributed by atoms with Crippen LogP contribution in [0.4, 0.5) is 0 Å². The molecule has 0 bridgehead atoms. The molecule has 0 aliphatic rings. The molecule has 1 N–H and O–H groups in total. The Morgan fingerprint density at radius 1 is 1.25 bits per heavy atom. The number of benzene rings is 1. The summed E-state index contributed by atoms with van der Waals surface area (Å²) in [5, 5.41) is 3.32. The molecule has 1 aromatic rings. The molecule has 0 spiro atoms. The molecule has 0 radical (unpaired) electrons. The summed E-state index contributed by atoms with van der Waals surface area (Å²) in [5.41, 5.74) is 1.22. The first-order chi connectivity index (χ1) is 7.83. The van der Waals surface area contributed by atoms with Crippen molar-refractivity contribution in [1.29, 1.82) is 0 Å². The fourth-order valence-corrected chi connectivity index (χ4v) is 1.45. The molecule has 1 rings (SSSR count). The highest BCUT2D eigenvalue weighted by atomic mass is 16.5. The summed E-state index contributed by atoms with van der Waals surface area (Å²) in [5.74, 6) is 0. The van der Waals surface area contributed by atoms with Gasteiger partial charge in [-0.3, -0.25) is 0 Å². The van der Waals surface area contributed by atoms with Gasteiger partial charge in [0.2, 0.25) is 0 Å². The van der Waals surface area contributed by atoms with E-state index in [1.807, 2.05) is 18.2 Å². The van der Waals surface area contributed by atoms with Crippen LogP contribution in [0.15, 0.2) is 30.3 Å². The zero-order chi connectivity index (χ0) is 11.6. The highest BCUT2D eigenvalue weighted by Gasteiger charge is 1.98. The lowest BCUT2D eigenvalue weighted by atomic mass is 10.2. The molecule has 1 aromatic carbocycles. The Bertz CT molecular complexity index is 264. The largest absolute Gasteiger partial charge is 0.383 e. The van der Waals surface area contributed by atoms with Gasteiger partial charge in [0, 0.05) is 19.7 Å². The van der Waals surface area contributed by atoms with Crippen molar-refractivity contribution in [3.63, 3.8) is 0 Å². The molecule has 0 aliphatic carbocycles. The summed E-state index contributed by atoms with van der Waals surface area (Å²) in [6, 6.07) is 10.6. The molecule has 1 atom stereocenters. The molecule has 0 saturated carbocycles. The predicted octanol–water partition coefficient (Wildman–Crippen LogP) is 1.83. The van der Waals surface area contributed by atoms with Gasteiger partial charge in [-0.25, -0.2) is 0 Å². The number of nitrogens with one attached hydrogen (secondary N) is 1. The highest BCUT2D eigenvalue weighted by molar-refractivity contribution is 5.13. The molecule has 3 heteroatoms. The highest BCUT2D eigenvalue weighted by Crippen LogP contribution is 1.99. The standard InChI is InChI=1S/C13H21NO2/c1-12(10-15-2)14-8-9-16-11-13-6-4-3-5-7-13/h3-7,12,14H,8-11H2,1-2H3. The van der Waals surface area contributed by atoms with Crippen LogP contribution in [-0.4, -0.2) is 32.9 Å². The van der Waals surface area contributed by atoms with Gasteiger partial charge >= 0.3 is 0 Å². The van der Waals surface area contributed by atoms with Gasteiger partial charge in [0.25, 0.3) is 0 Å². The first kappa shape index (κ1) is 13.2. The van der Waals surface area contributed by atoms with E-state index in [4.69, 9.17) is 9.47 Å². The topological polar surface area (TPSA) is 30.5 Å². The minimum absolute atomic E-state index is 0.380. The second-order valence-corrected chi connectivity index (χ2v) is 3.85. The molecular weight excluding hydrogens is 202 g/mol. The quantitative estimate of drug-likeness (QED) is 0.682. The number of hydrogen-bond acceptors (Lipinski definition) is 3. The van der Waals surface area contributed by atoms with Crippen molar-refractivity contribution in [3.05, 3.63) is 35.9 Å². The van der Waals surface area contributed by atoms with Gasteiger partial charge in [-0.05, 0) is 12.5 Å². The zero-order valence-corrected chi connectivity index (χ0v) is 10.1. The Labute approximate surface area is 97.8 Å². The second kappa shape index (κ2) is 8.28. The van der Waals surface area contributed by atoms with Gasteiger partial charge in [0.1, 0.15) is 0 Å². The molecule has 0 saturated heterocycles. The van der Waals surface area contributed by atoms with Gasteiger partial charge in [-0.15, -0.1) is 0 Å². The van der Waals surface area contributed by atoms with Crippen molar-refractivity contribution in [2.24, 2.45) is 0 Å². The number of rotatable bonds is 8. The van der Waals surface area contributed by atoms with E-state index >= 15 is 0 Å². The maximum Gasteiger partial charge on any atom is 0.0717 e. The Balaban J connectivity index is 2.00. The number of methoxy groups -OCH3 is 1. The van der Waals surface area contributed by atoms with Crippen molar-refractivity contribution in [2.75, 3.05) is 26.9 Å². The van der Waals surface area contributed by atoms with E-state index < -0.39 is 0 Å². The normalized spacial score (nSPS) is 12.6. The lowest BCUT2D eigenvalue weighted by Crippen LogP contribution is -2.32. The molecular formula is C13H21NO2. The van der Waals surface area contributed by atoms with Crippen molar-refractivity contribution in [1.82, 2.24) is 5.32 Å². The summed E-state index contributed by atoms with van der Waals surface area (Å²) in [6.07, 6.45) is 0. The summed E-state index contributed by atoms with van der Waals surface area (Å²) in [7, 11) is 1.71. The molecule has 3 nitrogen and oxygen atoms in total. The molecule has 0 aromatic heterocycles. The SMILES string of the molecule is COCC(C)NCCOCc1ccccc1. The Kier molecular flexibility index (Phi) is 6.81. The van der Waals surface area contributed by atoms with Crippen molar-refractivity contribution in [2.45, 2.75) is 19.6 Å². The van der Waals surface area contributed by atoms with Crippen molar-refractivity contribution >= 4 is 0 Å². The summed E-state index contributed by atoms with van der Waals surface area (Å²) in [6.45, 7) is 5.10. The average molecular weight is 223 g/mol. The van der Waals surface area contributed by atoms with E-state index in [2.05, 4.69) is 24.4 Å². The van der Waals surface area contributed by atoms with E-state index in [9.17, 15) is 0 Å². The molecule has 0 amide bonds. The van der Waals surface area contributed by atoms with Gasteiger partial charge < -0.3 is 14.8 Å². The smallest absolute Gasteiger partial charge is 0.0717 e. The number of ether oxygens (including phenoxy) is 2. The lowest BCUT2D eigenvalue weighted by Gasteiger charge is -2.12. The fraction of sp³-hybridized carbons (Fsp3) is 0.538. The van der Waals surface area contributed by atoms with E-state index in [0.717, 1.165) is 19.8 Å². The van der Waals surface area contributed by atoms with E-state index in [1.54, 1.807) is 7.11 Å². The third-order valence-corrected chi connectivity index (χ3v) is 2.27. The van der Waals surface area contributed by atoms with Crippen LogP contribution in [0.2, 0.25) is 0 Å². The van der Waals surface area contributed by atoms with E-state index in [0.29, 0.717) is 12.6 Å². The maximum absolute atomic E-state index is 5.54. The van der Waals surface area contributed by atoms with Gasteiger partial charge in [-0.2, -0.15) is 0 Å². The Morgan fingerprint density at radius 2 is 2.00 bits per heavy atom. The molecule has 1 unspecified atom stereocenters. The Morgan fingerprint density at radius 3 is 2.69 bits per heavy atom. The minimum Gasteiger partial charge on any atom is -0.383 e. The first-order valence-corrected chi connectivity index (χ1v) is 5.67. The summed E-state index contributed by atoms with van der Waals surface area (Å²) < 4.78 is 10.6. The molecule has 90 valence electrons. The first-order valence-electron chi connectivity index (χ1n) is 5.67. The lowest BCUT2D eigenvalue weighted by molar-refractivity contribution is 0.114. The van der Waals surface area contributed by atoms with Crippen LogP contribution in [0, 0.1) is 0 Å². The third kappa shape index (κ3) is 5.85. The van der Waals surface area contributed by atoms with Crippen LogP contribution in [-0.2, 0) is 16.1 Å². The minimum atomic E-state index is 0.380. The summed E-state index contributed by atoms with van der Waals surface area (Å²) in [4.78, 5) is 0. The zero-order valence-electron chi connectivity index (χ0n) is 10.1. The summed E-state index contributed by atoms with van der Waals surface area (Å²) >= 11 is 0. The monoisotopic (exact) mass is 223 g/mol.